The number of hydrogen-bond acceptors (Lipinski definition) is 2. The van der Waals surface area contributed by atoms with Gasteiger partial charge in [-0.2, -0.15) is 5.26 Å². The van der Waals surface area contributed by atoms with Gasteiger partial charge < -0.3 is 4.90 Å². The zero-order valence-electron chi connectivity index (χ0n) is 10.6. The number of halogens is 2. The Labute approximate surface area is 106 Å². The van der Waals surface area contributed by atoms with Crippen LogP contribution in [-0.4, -0.2) is 12.6 Å². The van der Waals surface area contributed by atoms with Crippen LogP contribution in [0, 0.1) is 28.9 Å². The first kappa shape index (κ1) is 12.8. The third-order valence-corrected chi connectivity index (χ3v) is 3.55. The van der Waals surface area contributed by atoms with Gasteiger partial charge >= 0.3 is 0 Å². The average molecular weight is 250 g/mol. The zero-order valence-corrected chi connectivity index (χ0v) is 10.6. The summed E-state index contributed by atoms with van der Waals surface area (Å²) < 4.78 is 27.9. The molecule has 1 aliphatic heterocycles. The summed E-state index contributed by atoms with van der Waals surface area (Å²) in [6, 6.07) is 4.09. The summed E-state index contributed by atoms with van der Waals surface area (Å²) in [6.45, 7) is 4.71. The molecule has 0 saturated carbocycles. The predicted molar refractivity (Wildman–Crippen MR) is 66.3 cm³/mol. The minimum Gasteiger partial charge on any atom is -0.364 e. The van der Waals surface area contributed by atoms with Gasteiger partial charge in [-0.05, 0) is 37.8 Å². The second-order valence-corrected chi connectivity index (χ2v) is 5.08. The molecule has 2 atom stereocenters. The Hall–Kier alpha value is -1.63. The summed E-state index contributed by atoms with van der Waals surface area (Å²) in [7, 11) is 0. The Bertz CT molecular complexity index is 470. The van der Waals surface area contributed by atoms with E-state index in [0.717, 1.165) is 25.0 Å². The van der Waals surface area contributed by atoms with E-state index in [9.17, 15) is 8.78 Å². The van der Waals surface area contributed by atoms with Gasteiger partial charge in [0.2, 0.25) is 0 Å². The van der Waals surface area contributed by atoms with Crippen LogP contribution >= 0.6 is 0 Å². The van der Waals surface area contributed by atoms with Crippen LogP contribution in [-0.2, 0) is 0 Å². The molecule has 2 nitrogen and oxygen atoms in total. The topological polar surface area (TPSA) is 27.0 Å². The fourth-order valence-electron chi connectivity index (χ4n) is 2.50. The number of piperidine rings is 1. The Morgan fingerprint density at radius 3 is 2.39 bits per heavy atom. The van der Waals surface area contributed by atoms with Crippen LogP contribution in [0.5, 0.6) is 0 Å². The van der Waals surface area contributed by atoms with Gasteiger partial charge in [0.25, 0.3) is 0 Å². The lowest BCUT2D eigenvalue weighted by Crippen LogP contribution is -2.42. The molecule has 2 unspecified atom stereocenters. The lowest BCUT2D eigenvalue weighted by Gasteiger charge is -2.38. The average Bonchev–Trinajstić information content (AvgIpc) is 2.32. The van der Waals surface area contributed by atoms with Crippen molar-refractivity contribution in [1.29, 1.82) is 5.26 Å². The highest BCUT2D eigenvalue weighted by Crippen LogP contribution is 2.32. The fraction of sp³-hybridized carbons (Fsp3) is 0.500. The molecule has 2 rings (SSSR count). The molecule has 1 aliphatic rings. The van der Waals surface area contributed by atoms with Crippen LogP contribution in [0.1, 0.15) is 32.3 Å². The molecule has 1 saturated heterocycles. The van der Waals surface area contributed by atoms with E-state index in [1.165, 1.54) is 0 Å². The summed E-state index contributed by atoms with van der Waals surface area (Å²) in [5.41, 5.74) is 0.0273. The molecular formula is C14H16F2N2. The first-order chi connectivity index (χ1) is 8.52. The van der Waals surface area contributed by atoms with Crippen LogP contribution < -0.4 is 4.90 Å². The van der Waals surface area contributed by atoms with E-state index in [1.54, 1.807) is 11.0 Å². The lowest BCUT2D eigenvalue weighted by atomic mass is 9.94. The molecule has 1 aromatic rings. The summed E-state index contributed by atoms with van der Waals surface area (Å²) in [4.78, 5) is 1.78. The van der Waals surface area contributed by atoms with Crippen molar-refractivity contribution in [2.45, 2.75) is 32.7 Å². The third kappa shape index (κ3) is 2.31. The Morgan fingerprint density at radius 2 is 1.83 bits per heavy atom. The second kappa shape index (κ2) is 4.93. The van der Waals surface area contributed by atoms with Crippen LogP contribution in [0.4, 0.5) is 14.5 Å². The van der Waals surface area contributed by atoms with E-state index in [0.29, 0.717) is 12.5 Å². The van der Waals surface area contributed by atoms with E-state index >= 15 is 0 Å². The maximum absolute atomic E-state index is 14.0. The summed E-state index contributed by atoms with van der Waals surface area (Å²) in [5, 5.41) is 8.68. The molecule has 0 amide bonds. The third-order valence-electron chi connectivity index (χ3n) is 3.55. The standard InChI is InChI=1S/C14H16F2N2/c1-9-3-4-10(2)18(8-9)14-12(15)5-11(7-17)6-13(14)16/h5-6,9-10H,3-4,8H2,1-2H3. The summed E-state index contributed by atoms with van der Waals surface area (Å²) in [5.74, 6) is -0.865. The van der Waals surface area contributed by atoms with Crippen molar-refractivity contribution >= 4 is 5.69 Å². The fourth-order valence-corrected chi connectivity index (χ4v) is 2.50. The van der Waals surface area contributed by atoms with Gasteiger partial charge in [-0.15, -0.1) is 0 Å². The molecule has 1 fully saturated rings. The first-order valence-corrected chi connectivity index (χ1v) is 6.18. The zero-order chi connectivity index (χ0) is 13.3. The Balaban J connectivity index is 2.41. The van der Waals surface area contributed by atoms with Crippen LogP contribution in [0.3, 0.4) is 0 Å². The van der Waals surface area contributed by atoms with E-state index < -0.39 is 11.6 Å². The number of benzene rings is 1. The van der Waals surface area contributed by atoms with Gasteiger partial charge in [0.05, 0.1) is 11.6 Å². The number of hydrogen-bond donors (Lipinski definition) is 0. The number of anilines is 1. The highest BCUT2D eigenvalue weighted by atomic mass is 19.1. The van der Waals surface area contributed by atoms with E-state index in [1.807, 2.05) is 6.92 Å². The highest BCUT2D eigenvalue weighted by molar-refractivity contribution is 5.53. The molecule has 0 radical (unpaired) electrons. The van der Waals surface area contributed by atoms with Gasteiger partial charge in [-0.1, -0.05) is 6.92 Å². The minimum absolute atomic E-state index is 0.00745. The molecule has 0 spiro atoms. The Morgan fingerprint density at radius 1 is 1.22 bits per heavy atom. The summed E-state index contributed by atoms with van der Waals surface area (Å²) in [6.07, 6.45) is 2.01. The predicted octanol–water partition coefficient (Wildman–Crippen LogP) is 3.46. The van der Waals surface area contributed by atoms with Crippen molar-refractivity contribution in [2.75, 3.05) is 11.4 Å². The quantitative estimate of drug-likeness (QED) is 0.763. The molecule has 18 heavy (non-hydrogen) atoms. The van der Waals surface area contributed by atoms with Crippen molar-refractivity contribution in [3.05, 3.63) is 29.3 Å². The summed E-state index contributed by atoms with van der Waals surface area (Å²) >= 11 is 0. The maximum atomic E-state index is 14.0. The number of rotatable bonds is 1. The molecule has 1 aromatic carbocycles. The second-order valence-electron chi connectivity index (χ2n) is 5.08. The largest absolute Gasteiger partial charge is 0.364 e. The molecule has 0 aliphatic carbocycles. The van der Waals surface area contributed by atoms with E-state index in [4.69, 9.17) is 5.26 Å². The van der Waals surface area contributed by atoms with E-state index in [2.05, 4.69) is 6.92 Å². The van der Waals surface area contributed by atoms with Crippen molar-refractivity contribution < 1.29 is 8.78 Å². The maximum Gasteiger partial charge on any atom is 0.150 e. The monoisotopic (exact) mass is 250 g/mol. The normalized spacial score (nSPS) is 23.8. The first-order valence-electron chi connectivity index (χ1n) is 6.18. The Kier molecular flexibility index (Phi) is 3.51. The molecule has 0 aromatic heterocycles. The van der Waals surface area contributed by atoms with Gasteiger partial charge in [0, 0.05) is 12.6 Å². The highest BCUT2D eigenvalue weighted by Gasteiger charge is 2.27. The van der Waals surface area contributed by atoms with Crippen molar-refractivity contribution in [1.82, 2.24) is 0 Å². The lowest BCUT2D eigenvalue weighted by molar-refractivity contribution is 0.382. The minimum atomic E-state index is -0.646. The molecule has 0 bridgehead atoms. The van der Waals surface area contributed by atoms with Crippen molar-refractivity contribution in [3.63, 3.8) is 0 Å². The molecule has 1 heterocycles. The van der Waals surface area contributed by atoms with Crippen molar-refractivity contribution in [3.8, 4) is 6.07 Å². The van der Waals surface area contributed by atoms with Crippen LogP contribution in [0.2, 0.25) is 0 Å². The molecule has 96 valence electrons. The number of nitriles is 1. The molecule has 4 heteroatoms. The number of nitrogens with zero attached hydrogens (tertiary/aromatic N) is 2. The van der Waals surface area contributed by atoms with Gasteiger partial charge in [0.15, 0.2) is 11.6 Å². The van der Waals surface area contributed by atoms with Crippen molar-refractivity contribution in [2.24, 2.45) is 5.92 Å². The van der Waals surface area contributed by atoms with Crippen LogP contribution in [0.25, 0.3) is 0 Å². The van der Waals surface area contributed by atoms with Gasteiger partial charge in [-0.25, -0.2) is 8.78 Å². The van der Waals surface area contributed by atoms with Gasteiger partial charge in [-0.3, -0.25) is 0 Å². The smallest absolute Gasteiger partial charge is 0.150 e. The molecule has 0 N–H and O–H groups in total. The van der Waals surface area contributed by atoms with Crippen LogP contribution in [0.15, 0.2) is 12.1 Å². The van der Waals surface area contributed by atoms with Gasteiger partial charge in [0.1, 0.15) is 5.69 Å². The molecular weight excluding hydrogens is 234 g/mol. The van der Waals surface area contributed by atoms with E-state index in [-0.39, 0.29) is 17.3 Å². The SMILES string of the molecule is CC1CCC(C)N(c2c(F)cc(C#N)cc2F)C1.